The Balaban J connectivity index is 3.54. The molecule has 1 N–H and O–H groups in total. The molecule has 1 aromatic rings. The summed E-state index contributed by atoms with van der Waals surface area (Å²) in [5.74, 6) is -1.14. The van der Waals surface area contributed by atoms with Crippen molar-refractivity contribution >= 4 is 31.7 Å². The van der Waals surface area contributed by atoms with Gasteiger partial charge in [-0.1, -0.05) is 29.8 Å². The Morgan fingerprint density at radius 3 is 2.26 bits per heavy atom. The van der Waals surface area contributed by atoms with Gasteiger partial charge in [-0.25, -0.2) is 13.2 Å². The number of carbonyl (C=O) groups is 1. The zero-order valence-corrected chi connectivity index (χ0v) is 13.5. The second-order valence-corrected chi connectivity index (χ2v) is 7.42. The Morgan fingerprint density at radius 2 is 1.84 bits per heavy atom. The Morgan fingerprint density at radius 1 is 1.32 bits per heavy atom. The van der Waals surface area contributed by atoms with Gasteiger partial charge in [0.05, 0.1) is 15.7 Å². The molecule has 106 valence electrons. The first kappa shape index (κ1) is 16.2. The monoisotopic (exact) mass is 348 g/mol. The van der Waals surface area contributed by atoms with Crippen LogP contribution in [0, 0.1) is 6.92 Å². The third kappa shape index (κ3) is 3.17. The van der Waals surface area contributed by atoms with Gasteiger partial charge in [0, 0.05) is 4.47 Å². The van der Waals surface area contributed by atoms with Crippen LogP contribution in [0.3, 0.4) is 0 Å². The molecule has 0 radical (unpaired) electrons. The summed E-state index contributed by atoms with van der Waals surface area (Å²) in [6.07, 6.45) is 1.01. The van der Waals surface area contributed by atoms with Crippen molar-refractivity contribution in [2.45, 2.75) is 43.8 Å². The van der Waals surface area contributed by atoms with E-state index in [1.54, 1.807) is 6.92 Å². The molecule has 0 atom stereocenters. The summed E-state index contributed by atoms with van der Waals surface area (Å²) in [4.78, 5) is 11.1. The molecular formula is C13H17BrO4S. The lowest BCUT2D eigenvalue weighted by molar-refractivity contribution is 0.0696. The van der Waals surface area contributed by atoms with Gasteiger partial charge in [-0.15, -0.1) is 0 Å². The molecule has 0 bridgehead atoms. The van der Waals surface area contributed by atoms with Gasteiger partial charge >= 0.3 is 5.97 Å². The van der Waals surface area contributed by atoms with Crippen molar-refractivity contribution in [3.8, 4) is 0 Å². The van der Waals surface area contributed by atoms with Crippen molar-refractivity contribution in [3.63, 3.8) is 0 Å². The van der Waals surface area contributed by atoms with Gasteiger partial charge in [-0.3, -0.25) is 0 Å². The average Bonchev–Trinajstić information content (AvgIpc) is 2.33. The minimum absolute atomic E-state index is 0.0259. The minimum Gasteiger partial charge on any atom is -0.478 e. The molecule has 4 nitrogen and oxygen atoms in total. The van der Waals surface area contributed by atoms with Crippen LogP contribution in [0.1, 0.15) is 42.6 Å². The highest BCUT2D eigenvalue weighted by atomic mass is 79.9. The van der Waals surface area contributed by atoms with E-state index < -0.39 is 21.1 Å². The van der Waals surface area contributed by atoms with Crippen LogP contribution in [0.25, 0.3) is 0 Å². The van der Waals surface area contributed by atoms with Crippen LogP contribution in [-0.4, -0.2) is 24.7 Å². The number of rotatable bonds is 5. The van der Waals surface area contributed by atoms with E-state index in [0.29, 0.717) is 22.9 Å². The molecule has 6 heteroatoms. The van der Waals surface area contributed by atoms with Gasteiger partial charge in [0.15, 0.2) is 9.84 Å². The first-order valence-corrected chi connectivity index (χ1v) is 8.36. The van der Waals surface area contributed by atoms with Crippen LogP contribution in [-0.2, 0) is 9.84 Å². The number of sulfone groups is 1. The molecule has 1 rings (SSSR count). The fourth-order valence-corrected chi connectivity index (χ4v) is 4.64. The summed E-state index contributed by atoms with van der Waals surface area (Å²) < 4.78 is 25.6. The van der Waals surface area contributed by atoms with Crippen molar-refractivity contribution < 1.29 is 18.3 Å². The van der Waals surface area contributed by atoms with E-state index in [4.69, 9.17) is 5.11 Å². The van der Waals surface area contributed by atoms with Gasteiger partial charge in [0.25, 0.3) is 0 Å². The Bertz CT molecular complexity index is 589. The molecule has 0 unspecified atom stereocenters. The number of benzene rings is 1. The maximum atomic E-state index is 12.5. The number of hydrogen-bond donors (Lipinski definition) is 1. The number of carboxylic acids is 1. The SMILES string of the molecule is CCC(CC)S(=O)(=O)c1cc(C(=O)O)cc(Br)c1C. The lowest BCUT2D eigenvalue weighted by Crippen LogP contribution is -2.21. The predicted octanol–water partition coefficient (Wildman–Crippen LogP) is 3.42. The molecule has 0 saturated carbocycles. The molecule has 0 spiro atoms. The van der Waals surface area contributed by atoms with Gasteiger partial charge in [0.2, 0.25) is 0 Å². The van der Waals surface area contributed by atoms with Crippen LogP contribution < -0.4 is 0 Å². The molecule has 0 heterocycles. The zero-order chi connectivity index (χ0) is 14.8. The first-order valence-electron chi connectivity index (χ1n) is 6.03. The van der Waals surface area contributed by atoms with Crippen molar-refractivity contribution in [1.29, 1.82) is 0 Å². The van der Waals surface area contributed by atoms with Gasteiger partial charge in [0.1, 0.15) is 0 Å². The highest BCUT2D eigenvalue weighted by Gasteiger charge is 2.27. The van der Waals surface area contributed by atoms with E-state index in [2.05, 4.69) is 15.9 Å². The minimum atomic E-state index is -3.50. The van der Waals surface area contributed by atoms with E-state index in [9.17, 15) is 13.2 Å². The van der Waals surface area contributed by atoms with Gasteiger partial charge in [-0.05, 0) is 37.5 Å². The highest BCUT2D eigenvalue weighted by molar-refractivity contribution is 9.10. The molecule has 0 aliphatic rings. The van der Waals surface area contributed by atoms with Crippen molar-refractivity contribution in [2.75, 3.05) is 0 Å². The van der Waals surface area contributed by atoms with Crippen molar-refractivity contribution in [1.82, 2.24) is 0 Å². The van der Waals surface area contributed by atoms with Crippen LogP contribution in [0.4, 0.5) is 0 Å². The number of aromatic carboxylic acids is 1. The van der Waals surface area contributed by atoms with Crippen LogP contribution in [0.5, 0.6) is 0 Å². The smallest absolute Gasteiger partial charge is 0.335 e. The van der Waals surface area contributed by atoms with Crippen LogP contribution >= 0.6 is 15.9 Å². The summed E-state index contributed by atoms with van der Waals surface area (Å²) in [6.45, 7) is 5.30. The lowest BCUT2D eigenvalue weighted by Gasteiger charge is -2.17. The molecular weight excluding hydrogens is 332 g/mol. The maximum absolute atomic E-state index is 12.5. The predicted molar refractivity (Wildman–Crippen MR) is 77.4 cm³/mol. The summed E-state index contributed by atoms with van der Waals surface area (Å²) in [5, 5.41) is 8.54. The van der Waals surface area contributed by atoms with Crippen LogP contribution in [0.15, 0.2) is 21.5 Å². The maximum Gasteiger partial charge on any atom is 0.335 e. The molecule has 0 saturated heterocycles. The molecule has 0 aliphatic carbocycles. The van der Waals surface area contributed by atoms with E-state index in [1.807, 2.05) is 13.8 Å². The second kappa shape index (κ2) is 6.05. The molecule has 1 aromatic carbocycles. The molecule has 0 amide bonds. The van der Waals surface area contributed by atoms with Gasteiger partial charge in [-0.2, -0.15) is 0 Å². The highest BCUT2D eigenvalue weighted by Crippen LogP contribution is 2.30. The van der Waals surface area contributed by atoms with Crippen LogP contribution in [0.2, 0.25) is 0 Å². The van der Waals surface area contributed by atoms with Gasteiger partial charge < -0.3 is 5.11 Å². The largest absolute Gasteiger partial charge is 0.478 e. The topological polar surface area (TPSA) is 71.4 Å². The average molecular weight is 349 g/mol. The third-order valence-corrected chi connectivity index (χ3v) is 6.60. The van der Waals surface area contributed by atoms with E-state index in [-0.39, 0.29) is 10.5 Å². The fraction of sp³-hybridized carbons (Fsp3) is 0.462. The Hall–Kier alpha value is -0.880. The summed E-state index contributed by atoms with van der Waals surface area (Å²) in [5.41, 5.74) is 0.527. The van der Waals surface area contributed by atoms with E-state index in [1.165, 1.54) is 12.1 Å². The molecule has 0 aliphatic heterocycles. The molecule has 0 fully saturated rings. The van der Waals surface area contributed by atoms with E-state index >= 15 is 0 Å². The summed E-state index contributed by atoms with van der Waals surface area (Å²) in [7, 11) is -3.50. The second-order valence-electron chi connectivity index (χ2n) is 4.37. The lowest BCUT2D eigenvalue weighted by atomic mass is 10.1. The third-order valence-electron chi connectivity index (χ3n) is 3.20. The summed E-state index contributed by atoms with van der Waals surface area (Å²) in [6, 6.07) is 2.67. The van der Waals surface area contributed by atoms with E-state index in [0.717, 1.165) is 0 Å². The summed E-state index contributed by atoms with van der Waals surface area (Å²) >= 11 is 3.22. The number of halogens is 1. The number of carboxylic acid groups (broad SMARTS) is 1. The number of hydrogen-bond acceptors (Lipinski definition) is 3. The van der Waals surface area contributed by atoms with Crippen molar-refractivity contribution in [3.05, 3.63) is 27.7 Å². The molecule has 0 aromatic heterocycles. The quantitative estimate of drug-likeness (QED) is 0.884. The normalized spacial score (nSPS) is 11.8. The fourth-order valence-electron chi connectivity index (χ4n) is 1.98. The first-order chi connectivity index (χ1) is 8.75. The Labute approximate surface area is 121 Å². The Kier molecular flexibility index (Phi) is 5.15. The van der Waals surface area contributed by atoms with Crippen molar-refractivity contribution in [2.24, 2.45) is 0 Å². The zero-order valence-electron chi connectivity index (χ0n) is 11.1. The standard InChI is InChI=1S/C13H17BrO4S/c1-4-10(5-2)19(17,18)12-7-9(13(15)16)6-11(14)8(12)3/h6-7,10H,4-5H2,1-3H3,(H,15,16). The molecule has 19 heavy (non-hydrogen) atoms.